The molecule has 1 fully saturated rings. The fourth-order valence-electron chi connectivity index (χ4n) is 2.11. The molecule has 7 heteroatoms. The van der Waals surface area contributed by atoms with Crippen LogP contribution in [0.5, 0.6) is 0 Å². The lowest BCUT2D eigenvalue weighted by Crippen LogP contribution is -2.22. The van der Waals surface area contributed by atoms with Crippen molar-refractivity contribution >= 4 is 33.2 Å². The van der Waals surface area contributed by atoms with Crippen molar-refractivity contribution in [1.82, 2.24) is 0 Å². The fraction of sp³-hybridized carbons (Fsp3) is 0.500. The first kappa shape index (κ1) is 14.5. The van der Waals surface area contributed by atoms with E-state index in [1.54, 1.807) is 12.1 Å². The predicted octanol–water partition coefficient (Wildman–Crippen LogP) is 1.61. The molecule has 2 rings (SSSR count). The van der Waals surface area contributed by atoms with Gasteiger partial charge < -0.3 is 11.1 Å². The van der Waals surface area contributed by atoms with Gasteiger partial charge in [0.15, 0.2) is 0 Å². The summed E-state index contributed by atoms with van der Waals surface area (Å²) in [5, 5.41) is 8.92. The van der Waals surface area contributed by atoms with Gasteiger partial charge in [-0.25, -0.2) is 13.6 Å². The summed E-state index contributed by atoms with van der Waals surface area (Å²) in [6, 6.07) is 4.74. The molecule has 0 saturated carbocycles. The molecular formula is C12H19N3O2S2. The first-order valence-corrected chi connectivity index (χ1v) is 8.84. The molecule has 106 valence electrons. The third kappa shape index (κ3) is 4.02. The third-order valence-electron chi connectivity index (χ3n) is 3.11. The molecule has 5 N–H and O–H groups in total. The highest BCUT2D eigenvalue weighted by molar-refractivity contribution is 8.00. The van der Waals surface area contributed by atoms with Gasteiger partial charge in [0, 0.05) is 17.5 Å². The maximum absolute atomic E-state index is 11.5. The van der Waals surface area contributed by atoms with E-state index in [2.05, 4.69) is 5.32 Å². The van der Waals surface area contributed by atoms with Gasteiger partial charge in [-0.3, -0.25) is 0 Å². The van der Waals surface area contributed by atoms with Crippen molar-refractivity contribution in [3.8, 4) is 0 Å². The zero-order valence-corrected chi connectivity index (χ0v) is 12.3. The molecule has 19 heavy (non-hydrogen) atoms. The average Bonchev–Trinajstić information content (AvgIpc) is 2.37. The molecular weight excluding hydrogens is 282 g/mol. The van der Waals surface area contributed by atoms with Crippen LogP contribution in [0.25, 0.3) is 0 Å². The van der Waals surface area contributed by atoms with Gasteiger partial charge in [-0.2, -0.15) is 11.8 Å². The average molecular weight is 301 g/mol. The molecule has 1 saturated heterocycles. The Balaban J connectivity index is 2.11. The first-order valence-electron chi connectivity index (χ1n) is 6.24. The summed E-state index contributed by atoms with van der Waals surface area (Å²) >= 11 is 1.93. The van der Waals surface area contributed by atoms with Crippen LogP contribution in [0.4, 0.5) is 11.4 Å². The van der Waals surface area contributed by atoms with Crippen LogP contribution in [0.15, 0.2) is 23.1 Å². The Kier molecular flexibility index (Phi) is 4.59. The highest BCUT2D eigenvalue weighted by Crippen LogP contribution is 2.27. The predicted molar refractivity (Wildman–Crippen MR) is 80.8 cm³/mol. The van der Waals surface area contributed by atoms with Gasteiger partial charge in [0.05, 0.1) is 5.69 Å². The number of primary sulfonamides is 1. The molecule has 0 aromatic heterocycles. The van der Waals surface area contributed by atoms with E-state index < -0.39 is 10.0 Å². The minimum Gasteiger partial charge on any atom is -0.399 e. The Hall–Kier alpha value is -0.920. The molecule has 1 unspecified atom stereocenters. The van der Waals surface area contributed by atoms with Crippen LogP contribution >= 0.6 is 11.8 Å². The Morgan fingerprint density at radius 1 is 1.37 bits per heavy atom. The van der Waals surface area contributed by atoms with Gasteiger partial charge in [-0.05, 0) is 36.8 Å². The molecule has 0 radical (unpaired) electrons. The summed E-state index contributed by atoms with van der Waals surface area (Å²) < 4.78 is 23.1. The van der Waals surface area contributed by atoms with Gasteiger partial charge in [0.2, 0.25) is 10.0 Å². The maximum atomic E-state index is 11.5. The second-order valence-corrected chi connectivity index (χ2v) is 7.61. The van der Waals surface area contributed by atoms with Crippen LogP contribution in [0, 0.1) is 0 Å². The Morgan fingerprint density at radius 3 is 2.79 bits per heavy atom. The molecule has 1 aromatic rings. The normalized spacial score (nSPS) is 20.2. The quantitative estimate of drug-likeness (QED) is 0.734. The smallest absolute Gasteiger partial charge is 0.240 e. The molecule has 1 aliphatic heterocycles. The van der Waals surface area contributed by atoms with Crippen molar-refractivity contribution in [2.75, 3.05) is 23.3 Å². The number of benzene rings is 1. The van der Waals surface area contributed by atoms with E-state index in [-0.39, 0.29) is 4.90 Å². The summed E-state index contributed by atoms with van der Waals surface area (Å²) in [7, 11) is -3.76. The minimum atomic E-state index is -3.76. The number of hydrogen-bond donors (Lipinski definition) is 3. The van der Waals surface area contributed by atoms with Crippen LogP contribution < -0.4 is 16.2 Å². The Bertz CT molecular complexity index is 540. The second kappa shape index (κ2) is 6.02. The molecule has 1 heterocycles. The lowest BCUT2D eigenvalue weighted by molar-refractivity contribution is 0.598. The Labute approximate surface area is 118 Å². The van der Waals surface area contributed by atoms with E-state index in [4.69, 9.17) is 10.9 Å². The zero-order valence-electron chi connectivity index (χ0n) is 10.6. The van der Waals surface area contributed by atoms with Gasteiger partial charge in [0.1, 0.15) is 4.90 Å². The number of nitrogens with one attached hydrogen (secondary N) is 1. The number of hydrogen-bond acceptors (Lipinski definition) is 5. The minimum absolute atomic E-state index is 0.0632. The lowest BCUT2D eigenvalue weighted by atomic mass is 10.2. The van der Waals surface area contributed by atoms with Crippen LogP contribution in [0.3, 0.4) is 0 Å². The van der Waals surface area contributed by atoms with Crippen molar-refractivity contribution < 1.29 is 8.42 Å². The van der Waals surface area contributed by atoms with E-state index in [0.29, 0.717) is 16.6 Å². The molecule has 0 aliphatic carbocycles. The maximum Gasteiger partial charge on any atom is 0.240 e. The second-order valence-electron chi connectivity index (χ2n) is 4.67. The number of sulfonamides is 1. The van der Waals surface area contributed by atoms with E-state index in [0.717, 1.165) is 13.0 Å². The van der Waals surface area contributed by atoms with Gasteiger partial charge >= 0.3 is 0 Å². The van der Waals surface area contributed by atoms with Crippen LogP contribution in [-0.2, 0) is 10.0 Å². The molecule has 1 atom stereocenters. The monoisotopic (exact) mass is 301 g/mol. The zero-order chi connectivity index (χ0) is 13.9. The molecule has 1 aromatic carbocycles. The largest absolute Gasteiger partial charge is 0.399 e. The fourth-order valence-corrected chi connectivity index (χ4v) is 4.10. The van der Waals surface area contributed by atoms with E-state index >= 15 is 0 Å². The summed E-state index contributed by atoms with van der Waals surface area (Å²) in [6.45, 7) is 0.747. The van der Waals surface area contributed by atoms with Crippen molar-refractivity contribution in [3.05, 3.63) is 18.2 Å². The molecule has 0 amide bonds. The van der Waals surface area contributed by atoms with Crippen molar-refractivity contribution in [3.63, 3.8) is 0 Å². The van der Waals surface area contributed by atoms with Gasteiger partial charge in [0.25, 0.3) is 0 Å². The van der Waals surface area contributed by atoms with Crippen LogP contribution in [0.1, 0.15) is 19.3 Å². The topological polar surface area (TPSA) is 98.2 Å². The third-order valence-corrected chi connectivity index (χ3v) is 5.46. The van der Waals surface area contributed by atoms with E-state index in [1.165, 1.54) is 24.7 Å². The summed E-state index contributed by atoms with van der Waals surface area (Å²) in [5.74, 6) is 1.18. The van der Waals surface area contributed by atoms with E-state index in [1.807, 2.05) is 11.8 Å². The molecule has 1 aliphatic rings. The van der Waals surface area contributed by atoms with Crippen molar-refractivity contribution in [2.24, 2.45) is 5.14 Å². The van der Waals surface area contributed by atoms with Crippen molar-refractivity contribution in [1.29, 1.82) is 0 Å². The highest BCUT2D eigenvalue weighted by atomic mass is 32.2. The molecule has 0 spiro atoms. The first-order chi connectivity index (χ1) is 8.97. The number of thioether (sulfide) groups is 1. The van der Waals surface area contributed by atoms with Crippen LogP contribution in [-0.4, -0.2) is 26.0 Å². The summed E-state index contributed by atoms with van der Waals surface area (Å²) in [6.07, 6.45) is 3.67. The van der Waals surface area contributed by atoms with Gasteiger partial charge in [-0.1, -0.05) is 6.42 Å². The summed E-state index contributed by atoms with van der Waals surface area (Å²) in [5.41, 5.74) is 6.53. The standard InChI is InChI=1S/C12H19N3O2S2/c13-9-4-5-11(12(7-9)19(14,16)17)15-8-10-3-1-2-6-18-10/h4-5,7,10,15H,1-3,6,8,13H2,(H2,14,16,17). The van der Waals surface area contributed by atoms with Gasteiger partial charge in [-0.15, -0.1) is 0 Å². The van der Waals surface area contributed by atoms with E-state index in [9.17, 15) is 8.42 Å². The SMILES string of the molecule is Nc1ccc(NCC2CCCCS2)c(S(N)(=O)=O)c1. The molecule has 5 nitrogen and oxygen atoms in total. The number of rotatable bonds is 4. The molecule has 0 bridgehead atoms. The highest BCUT2D eigenvalue weighted by Gasteiger charge is 2.17. The Morgan fingerprint density at radius 2 is 2.16 bits per heavy atom. The van der Waals surface area contributed by atoms with Crippen LogP contribution in [0.2, 0.25) is 0 Å². The number of anilines is 2. The summed E-state index contributed by atoms with van der Waals surface area (Å²) in [4.78, 5) is 0.0632. The van der Waals surface area contributed by atoms with Crippen molar-refractivity contribution in [2.45, 2.75) is 29.4 Å². The lowest BCUT2D eigenvalue weighted by Gasteiger charge is -2.22. The number of nitrogen functional groups attached to an aromatic ring is 1. The number of nitrogens with two attached hydrogens (primary N) is 2.